The average Bonchev–Trinajstić information content (AvgIpc) is 2.41. The maximum absolute atomic E-state index is 13.3. The highest BCUT2D eigenvalue weighted by Gasteiger charge is 2.04. The topological polar surface area (TPSA) is 59.0 Å². The number of rotatable bonds is 4. The van der Waals surface area contributed by atoms with Crippen LogP contribution in [0.3, 0.4) is 0 Å². The number of hydrogen-bond acceptors (Lipinski definition) is 3. The van der Waals surface area contributed by atoms with Crippen LogP contribution in [0.2, 0.25) is 0 Å². The van der Waals surface area contributed by atoms with Gasteiger partial charge in [0, 0.05) is 18.2 Å². The van der Waals surface area contributed by atoms with Gasteiger partial charge in [-0.25, -0.2) is 4.39 Å². The van der Waals surface area contributed by atoms with Crippen LogP contribution in [0.4, 0.5) is 10.1 Å². The SMILES string of the molecule is N#Cc1ccc(OCCc2ccccc2N)cc1F. The summed E-state index contributed by atoms with van der Waals surface area (Å²) in [6.07, 6.45) is 0.647. The van der Waals surface area contributed by atoms with Crippen LogP contribution in [0.25, 0.3) is 0 Å². The lowest BCUT2D eigenvalue weighted by Crippen LogP contribution is -2.04. The van der Waals surface area contributed by atoms with E-state index in [0.717, 1.165) is 11.3 Å². The summed E-state index contributed by atoms with van der Waals surface area (Å²) in [6, 6.07) is 13.5. The molecule has 0 radical (unpaired) electrons. The molecule has 0 amide bonds. The second-order valence-electron chi connectivity index (χ2n) is 4.05. The molecule has 0 aliphatic rings. The zero-order valence-corrected chi connectivity index (χ0v) is 10.3. The summed E-state index contributed by atoms with van der Waals surface area (Å²) in [5.74, 6) is -0.162. The second kappa shape index (κ2) is 5.87. The van der Waals surface area contributed by atoms with Gasteiger partial charge in [0.2, 0.25) is 0 Å². The molecule has 0 heterocycles. The zero-order chi connectivity index (χ0) is 13.7. The molecule has 3 nitrogen and oxygen atoms in total. The molecule has 0 aliphatic carbocycles. The summed E-state index contributed by atoms with van der Waals surface area (Å²) in [5, 5.41) is 8.62. The summed E-state index contributed by atoms with van der Waals surface area (Å²) in [4.78, 5) is 0. The van der Waals surface area contributed by atoms with Gasteiger partial charge in [-0.1, -0.05) is 18.2 Å². The van der Waals surface area contributed by atoms with Gasteiger partial charge in [0.05, 0.1) is 12.2 Å². The van der Waals surface area contributed by atoms with Crippen molar-refractivity contribution in [1.82, 2.24) is 0 Å². The molecule has 0 spiro atoms. The molecule has 2 N–H and O–H groups in total. The van der Waals surface area contributed by atoms with E-state index in [1.165, 1.54) is 12.1 Å². The standard InChI is InChI=1S/C15H13FN2O/c16-14-9-13(6-5-12(14)10-17)19-8-7-11-3-1-2-4-15(11)18/h1-6,9H,7-8,18H2. The Morgan fingerprint density at radius 2 is 2.00 bits per heavy atom. The lowest BCUT2D eigenvalue weighted by molar-refractivity contribution is 0.320. The van der Waals surface area contributed by atoms with Crippen LogP contribution < -0.4 is 10.5 Å². The van der Waals surface area contributed by atoms with Crippen molar-refractivity contribution in [2.75, 3.05) is 12.3 Å². The fourth-order valence-corrected chi connectivity index (χ4v) is 1.72. The van der Waals surface area contributed by atoms with Crippen molar-refractivity contribution >= 4 is 5.69 Å². The predicted octanol–water partition coefficient (Wildman–Crippen LogP) is 2.90. The maximum atomic E-state index is 13.3. The Labute approximate surface area is 111 Å². The summed E-state index contributed by atoms with van der Waals surface area (Å²) < 4.78 is 18.8. The van der Waals surface area contributed by atoms with Crippen LogP contribution in [0.1, 0.15) is 11.1 Å². The highest BCUT2D eigenvalue weighted by molar-refractivity contribution is 5.46. The molecule has 19 heavy (non-hydrogen) atoms. The maximum Gasteiger partial charge on any atom is 0.144 e. The molecular formula is C15H13FN2O. The third-order valence-electron chi connectivity index (χ3n) is 2.76. The Bertz CT molecular complexity index is 620. The van der Waals surface area contributed by atoms with E-state index in [2.05, 4.69) is 0 Å². The molecule has 0 atom stereocenters. The van der Waals surface area contributed by atoms with E-state index in [0.29, 0.717) is 18.8 Å². The number of nitriles is 1. The van der Waals surface area contributed by atoms with Crippen LogP contribution in [0.15, 0.2) is 42.5 Å². The average molecular weight is 256 g/mol. The van der Waals surface area contributed by atoms with E-state index in [1.807, 2.05) is 24.3 Å². The fourth-order valence-electron chi connectivity index (χ4n) is 1.72. The Morgan fingerprint density at radius 3 is 2.68 bits per heavy atom. The molecular weight excluding hydrogens is 243 g/mol. The molecule has 0 fully saturated rings. The Hall–Kier alpha value is -2.54. The van der Waals surface area contributed by atoms with Crippen LogP contribution in [0, 0.1) is 17.1 Å². The van der Waals surface area contributed by atoms with Crippen LogP contribution in [-0.2, 0) is 6.42 Å². The minimum Gasteiger partial charge on any atom is -0.493 e. The minimum absolute atomic E-state index is 0.0136. The number of para-hydroxylation sites is 1. The van der Waals surface area contributed by atoms with Crippen molar-refractivity contribution in [3.63, 3.8) is 0 Å². The molecule has 2 rings (SSSR count). The number of benzene rings is 2. The van der Waals surface area contributed by atoms with Crippen molar-refractivity contribution < 1.29 is 9.13 Å². The van der Waals surface area contributed by atoms with Crippen molar-refractivity contribution in [2.24, 2.45) is 0 Å². The number of nitrogen functional groups attached to an aromatic ring is 1. The van der Waals surface area contributed by atoms with Gasteiger partial charge in [-0.2, -0.15) is 5.26 Å². The summed E-state index contributed by atoms with van der Waals surface area (Å²) in [6.45, 7) is 0.402. The normalized spacial score (nSPS) is 9.89. The number of ether oxygens (including phenoxy) is 1. The zero-order valence-electron chi connectivity index (χ0n) is 10.3. The first-order valence-corrected chi connectivity index (χ1v) is 5.86. The predicted molar refractivity (Wildman–Crippen MR) is 71.2 cm³/mol. The van der Waals surface area contributed by atoms with E-state index in [9.17, 15) is 4.39 Å². The molecule has 0 unspecified atom stereocenters. The van der Waals surface area contributed by atoms with E-state index in [4.69, 9.17) is 15.7 Å². The van der Waals surface area contributed by atoms with Gasteiger partial charge in [0.1, 0.15) is 17.6 Å². The first-order valence-electron chi connectivity index (χ1n) is 5.86. The summed E-state index contributed by atoms with van der Waals surface area (Å²) in [5.41, 5.74) is 7.54. The van der Waals surface area contributed by atoms with Gasteiger partial charge in [0.15, 0.2) is 0 Å². The Balaban J connectivity index is 1.95. The number of hydrogen-bond donors (Lipinski definition) is 1. The minimum atomic E-state index is -0.570. The van der Waals surface area contributed by atoms with E-state index < -0.39 is 5.82 Å². The number of anilines is 1. The lowest BCUT2D eigenvalue weighted by atomic mass is 10.1. The van der Waals surface area contributed by atoms with Crippen LogP contribution in [-0.4, -0.2) is 6.61 Å². The largest absolute Gasteiger partial charge is 0.493 e. The highest BCUT2D eigenvalue weighted by atomic mass is 19.1. The number of nitrogens with two attached hydrogens (primary N) is 1. The summed E-state index contributed by atoms with van der Waals surface area (Å²) in [7, 11) is 0. The smallest absolute Gasteiger partial charge is 0.144 e. The monoisotopic (exact) mass is 256 g/mol. The molecule has 4 heteroatoms. The number of nitrogens with zero attached hydrogens (tertiary/aromatic N) is 1. The van der Waals surface area contributed by atoms with Gasteiger partial charge in [0.25, 0.3) is 0 Å². The molecule has 2 aromatic rings. The summed E-state index contributed by atoms with van der Waals surface area (Å²) >= 11 is 0. The molecule has 0 aliphatic heterocycles. The van der Waals surface area contributed by atoms with E-state index >= 15 is 0 Å². The Morgan fingerprint density at radius 1 is 1.21 bits per heavy atom. The van der Waals surface area contributed by atoms with E-state index in [-0.39, 0.29) is 5.56 Å². The lowest BCUT2D eigenvalue weighted by Gasteiger charge is -2.08. The van der Waals surface area contributed by atoms with Crippen molar-refractivity contribution in [3.05, 3.63) is 59.4 Å². The van der Waals surface area contributed by atoms with Crippen molar-refractivity contribution in [2.45, 2.75) is 6.42 Å². The van der Waals surface area contributed by atoms with Crippen LogP contribution in [0.5, 0.6) is 5.75 Å². The van der Waals surface area contributed by atoms with Gasteiger partial charge in [-0.15, -0.1) is 0 Å². The van der Waals surface area contributed by atoms with Crippen molar-refractivity contribution in [3.8, 4) is 11.8 Å². The van der Waals surface area contributed by atoms with Gasteiger partial charge in [-0.3, -0.25) is 0 Å². The van der Waals surface area contributed by atoms with E-state index in [1.54, 1.807) is 12.1 Å². The molecule has 2 aromatic carbocycles. The molecule has 96 valence electrons. The molecule has 0 bridgehead atoms. The quantitative estimate of drug-likeness (QED) is 0.856. The van der Waals surface area contributed by atoms with Crippen molar-refractivity contribution in [1.29, 1.82) is 5.26 Å². The third-order valence-corrected chi connectivity index (χ3v) is 2.76. The van der Waals surface area contributed by atoms with Crippen LogP contribution >= 0.6 is 0 Å². The van der Waals surface area contributed by atoms with Gasteiger partial charge < -0.3 is 10.5 Å². The Kier molecular flexibility index (Phi) is 3.99. The second-order valence-corrected chi connectivity index (χ2v) is 4.05. The highest BCUT2D eigenvalue weighted by Crippen LogP contribution is 2.17. The molecule has 0 saturated carbocycles. The first kappa shape index (κ1) is 12.9. The molecule has 0 aromatic heterocycles. The number of halogens is 1. The first-order chi connectivity index (χ1) is 9.20. The van der Waals surface area contributed by atoms with Gasteiger partial charge >= 0.3 is 0 Å². The third kappa shape index (κ3) is 3.23. The molecule has 0 saturated heterocycles. The fraction of sp³-hybridized carbons (Fsp3) is 0.133. The van der Waals surface area contributed by atoms with Gasteiger partial charge in [-0.05, 0) is 23.8 Å².